The van der Waals surface area contributed by atoms with E-state index in [9.17, 15) is 9.90 Å². The van der Waals surface area contributed by atoms with E-state index in [2.05, 4.69) is 0 Å². The number of nitrogens with zero attached hydrogens (tertiary/aromatic N) is 3. The number of anilines is 1. The highest BCUT2D eigenvalue weighted by Crippen LogP contribution is 2.24. The van der Waals surface area contributed by atoms with Crippen LogP contribution in [0.2, 0.25) is 0 Å². The van der Waals surface area contributed by atoms with Crippen molar-refractivity contribution < 1.29 is 9.90 Å². The monoisotopic (exact) mass is 229 g/mol. The lowest BCUT2D eigenvalue weighted by molar-refractivity contribution is 0.101. The molecule has 0 saturated carbocycles. The summed E-state index contributed by atoms with van der Waals surface area (Å²) < 4.78 is 0. The number of Topliss-reactive ketones (excluding diaryl/α,β-unsaturated/α-hetero) is 1. The van der Waals surface area contributed by atoms with Crippen molar-refractivity contribution in [3.05, 3.63) is 23.8 Å². The maximum absolute atomic E-state index is 11.1. The fourth-order valence-corrected chi connectivity index (χ4v) is 1.42. The van der Waals surface area contributed by atoms with Crippen molar-refractivity contribution >= 4 is 11.5 Å². The average Bonchev–Trinajstić information content (AvgIpc) is 2.28. The van der Waals surface area contributed by atoms with Gasteiger partial charge in [0.2, 0.25) is 0 Å². The molecule has 5 heteroatoms. The molecule has 1 rings (SSSR count). The van der Waals surface area contributed by atoms with E-state index in [1.54, 1.807) is 6.07 Å². The van der Waals surface area contributed by atoms with Crippen LogP contribution in [-0.2, 0) is 0 Å². The highest BCUT2D eigenvalue weighted by atomic mass is 16.3. The molecular formula is C12H11N3O2. The summed E-state index contributed by atoms with van der Waals surface area (Å²) in [5, 5.41) is 26.9. The maximum Gasteiger partial charge on any atom is 0.163 e. The van der Waals surface area contributed by atoms with Gasteiger partial charge in [-0.2, -0.15) is 10.5 Å². The number of hydrogen-bond acceptors (Lipinski definition) is 5. The fourth-order valence-electron chi connectivity index (χ4n) is 1.42. The van der Waals surface area contributed by atoms with E-state index in [0.29, 0.717) is 5.69 Å². The first-order valence-electron chi connectivity index (χ1n) is 4.93. The Kier molecular flexibility index (Phi) is 4.08. The molecule has 0 atom stereocenters. The first-order chi connectivity index (χ1) is 8.10. The molecule has 0 spiro atoms. The third kappa shape index (κ3) is 2.96. The molecule has 0 bridgehead atoms. The Morgan fingerprint density at radius 3 is 2.35 bits per heavy atom. The zero-order valence-electron chi connectivity index (χ0n) is 9.34. The lowest BCUT2D eigenvalue weighted by Crippen LogP contribution is -2.23. The normalized spacial score (nSPS) is 9.12. The van der Waals surface area contributed by atoms with Gasteiger partial charge in [-0.05, 0) is 19.1 Å². The SMILES string of the molecule is CC(=O)c1ccc(N(CC#N)CC#N)cc1O. The summed E-state index contributed by atoms with van der Waals surface area (Å²) >= 11 is 0. The predicted molar refractivity (Wildman–Crippen MR) is 61.6 cm³/mol. The number of ketones is 1. The smallest absolute Gasteiger partial charge is 0.163 e. The van der Waals surface area contributed by atoms with Gasteiger partial charge in [0.25, 0.3) is 0 Å². The third-order valence-corrected chi connectivity index (χ3v) is 2.25. The molecule has 17 heavy (non-hydrogen) atoms. The molecule has 0 aliphatic rings. The molecule has 0 amide bonds. The van der Waals surface area contributed by atoms with Gasteiger partial charge in [-0.1, -0.05) is 0 Å². The molecule has 1 aromatic carbocycles. The van der Waals surface area contributed by atoms with E-state index < -0.39 is 0 Å². The van der Waals surface area contributed by atoms with Crippen molar-refractivity contribution in [2.45, 2.75) is 6.92 Å². The summed E-state index contributed by atoms with van der Waals surface area (Å²) in [6, 6.07) is 8.33. The van der Waals surface area contributed by atoms with Gasteiger partial charge in [-0.25, -0.2) is 0 Å². The molecule has 0 fully saturated rings. The van der Waals surface area contributed by atoms with E-state index in [-0.39, 0.29) is 30.2 Å². The van der Waals surface area contributed by atoms with Crippen LogP contribution < -0.4 is 4.90 Å². The molecule has 0 heterocycles. The van der Waals surface area contributed by atoms with Crippen LogP contribution in [0.15, 0.2) is 18.2 Å². The van der Waals surface area contributed by atoms with Crippen LogP contribution in [0.4, 0.5) is 5.69 Å². The van der Waals surface area contributed by atoms with Gasteiger partial charge in [-0.3, -0.25) is 4.79 Å². The van der Waals surface area contributed by atoms with E-state index in [1.807, 2.05) is 12.1 Å². The number of aromatic hydroxyl groups is 1. The van der Waals surface area contributed by atoms with Crippen LogP contribution in [0, 0.1) is 22.7 Å². The second-order valence-corrected chi connectivity index (χ2v) is 3.43. The summed E-state index contributed by atoms with van der Waals surface area (Å²) in [6.07, 6.45) is 0. The molecule has 0 aliphatic carbocycles. The first-order valence-corrected chi connectivity index (χ1v) is 4.93. The lowest BCUT2D eigenvalue weighted by Gasteiger charge is -2.18. The molecule has 1 N–H and O–H groups in total. The molecule has 0 radical (unpaired) electrons. The van der Waals surface area contributed by atoms with Crippen molar-refractivity contribution in [3.63, 3.8) is 0 Å². The number of hydrogen-bond donors (Lipinski definition) is 1. The van der Waals surface area contributed by atoms with Crippen LogP contribution in [0.5, 0.6) is 5.75 Å². The zero-order chi connectivity index (χ0) is 12.8. The van der Waals surface area contributed by atoms with Crippen LogP contribution in [0.3, 0.4) is 0 Å². The van der Waals surface area contributed by atoms with Gasteiger partial charge in [0.15, 0.2) is 5.78 Å². The topological polar surface area (TPSA) is 88.1 Å². The Bertz CT molecular complexity index is 495. The van der Waals surface area contributed by atoms with Crippen LogP contribution in [0.1, 0.15) is 17.3 Å². The van der Waals surface area contributed by atoms with Crippen molar-refractivity contribution in [1.29, 1.82) is 10.5 Å². The van der Waals surface area contributed by atoms with Crippen molar-refractivity contribution in [3.8, 4) is 17.9 Å². The van der Waals surface area contributed by atoms with Crippen molar-refractivity contribution in [1.82, 2.24) is 0 Å². The Morgan fingerprint density at radius 1 is 1.35 bits per heavy atom. The molecule has 0 unspecified atom stereocenters. The Labute approximate surface area is 99.1 Å². The lowest BCUT2D eigenvalue weighted by atomic mass is 10.1. The summed E-state index contributed by atoms with van der Waals surface area (Å²) in [4.78, 5) is 12.6. The number of rotatable bonds is 4. The molecule has 0 aromatic heterocycles. The minimum Gasteiger partial charge on any atom is -0.507 e. The van der Waals surface area contributed by atoms with E-state index >= 15 is 0 Å². The highest BCUT2D eigenvalue weighted by Gasteiger charge is 2.11. The van der Waals surface area contributed by atoms with Gasteiger partial charge in [-0.15, -0.1) is 0 Å². The number of benzene rings is 1. The van der Waals surface area contributed by atoms with Gasteiger partial charge >= 0.3 is 0 Å². The Hall–Kier alpha value is -2.53. The third-order valence-electron chi connectivity index (χ3n) is 2.25. The Morgan fingerprint density at radius 2 is 1.94 bits per heavy atom. The molecule has 0 aliphatic heterocycles. The number of carbonyl (C=O) groups is 1. The quantitative estimate of drug-likeness (QED) is 0.623. The molecular weight excluding hydrogens is 218 g/mol. The summed E-state index contributed by atoms with van der Waals surface area (Å²) in [6.45, 7) is 1.45. The summed E-state index contributed by atoms with van der Waals surface area (Å²) in [5.74, 6) is -0.378. The van der Waals surface area contributed by atoms with Gasteiger partial charge in [0.1, 0.15) is 18.8 Å². The van der Waals surface area contributed by atoms with E-state index in [1.165, 1.54) is 24.0 Å². The van der Waals surface area contributed by atoms with Crippen LogP contribution in [0.25, 0.3) is 0 Å². The average molecular weight is 229 g/mol. The first kappa shape index (κ1) is 12.5. The summed E-state index contributed by atoms with van der Waals surface area (Å²) in [5.41, 5.74) is 0.762. The van der Waals surface area contributed by atoms with Crippen LogP contribution in [-0.4, -0.2) is 24.0 Å². The predicted octanol–water partition coefficient (Wildman–Crippen LogP) is 1.45. The minimum absolute atomic E-state index is 0.0480. The number of phenolic OH excluding ortho intramolecular Hbond substituents is 1. The standard InChI is InChI=1S/C12H11N3O2/c1-9(16)11-3-2-10(8-12(11)17)15(6-4-13)7-5-14/h2-3,8,17H,6-7H2,1H3. The van der Waals surface area contributed by atoms with E-state index in [4.69, 9.17) is 10.5 Å². The molecule has 5 nitrogen and oxygen atoms in total. The largest absolute Gasteiger partial charge is 0.507 e. The van der Waals surface area contributed by atoms with Crippen LogP contribution >= 0.6 is 0 Å². The van der Waals surface area contributed by atoms with Crippen molar-refractivity contribution in [2.24, 2.45) is 0 Å². The number of phenols is 1. The maximum atomic E-state index is 11.1. The molecule has 0 saturated heterocycles. The fraction of sp³-hybridized carbons (Fsp3) is 0.250. The second kappa shape index (κ2) is 5.53. The zero-order valence-corrected chi connectivity index (χ0v) is 9.34. The second-order valence-electron chi connectivity index (χ2n) is 3.43. The molecule has 1 aromatic rings. The van der Waals surface area contributed by atoms with Gasteiger partial charge < -0.3 is 10.0 Å². The summed E-state index contributed by atoms with van der Waals surface area (Å²) in [7, 11) is 0. The van der Waals surface area contributed by atoms with E-state index in [0.717, 1.165) is 0 Å². The van der Waals surface area contributed by atoms with Gasteiger partial charge in [0, 0.05) is 11.8 Å². The number of carbonyl (C=O) groups excluding carboxylic acids is 1. The Balaban J connectivity index is 3.07. The highest BCUT2D eigenvalue weighted by molar-refractivity contribution is 5.97. The molecule has 86 valence electrons. The number of nitriles is 2. The van der Waals surface area contributed by atoms with Crippen molar-refractivity contribution in [2.75, 3.05) is 18.0 Å². The minimum atomic E-state index is -0.235. The van der Waals surface area contributed by atoms with Gasteiger partial charge in [0.05, 0.1) is 17.7 Å².